The molecule has 9 nitrogen and oxygen atoms in total. The molecule has 0 spiro atoms. The number of piperazine rings is 1. The molecule has 0 radical (unpaired) electrons. The van der Waals surface area contributed by atoms with E-state index in [0.29, 0.717) is 25.3 Å². The molecule has 3 heterocycles. The van der Waals surface area contributed by atoms with Gasteiger partial charge < -0.3 is 19.9 Å². The third kappa shape index (κ3) is 4.62. The van der Waals surface area contributed by atoms with Crippen LogP contribution in [-0.2, 0) is 27.3 Å². The standard InChI is InChI=1S/C26H27N5O4/c1-2-3-12-35-18-10-8-17(9-11-18)28-24(32)14-27-31-16-25(33)30-15-22-20(13-23(30)26(31)34)19-6-4-5-7-21(19)29-22/h4-11,14,23,29H,2-3,12-13,15-16H2,1H3,(H,28,32)/b27-14-/t23-/m0/s1. The summed E-state index contributed by atoms with van der Waals surface area (Å²) in [6, 6.07) is 14.3. The molecule has 1 saturated heterocycles. The van der Waals surface area contributed by atoms with Gasteiger partial charge in [-0.3, -0.25) is 14.4 Å². The molecule has 0 saturated carbocycles. The van der Waals surface area contributed by atoms with E-state index in [1.165, 1.54) is 0 Å². The van der Waals surface area contributed by atoms with Crippen molar-refractivity contribution in [2.75, 3.05) is 18.5 Å². The molecule has 0 bridgehead atoms. The number of carbonyl (C=O) groups excluding carboxylic acids is 3. The molecule has 1 atom stereocenters. The molecule has 2 aliphatic heterocycles. The molecule has 2 aliphatic rings. The van der Waals surface area contributed by atoms with Gasteiger partial charge in [-0.2, -0.15) is 5.10 Å². The van der Waals surface area contributed by atoms with Crippen LogP contribution in [0.1, 0.15) is 31.0 Å². The number of nitrogens with zero attached hydrogens (tertiary/aromatic N) is 3. The van der Waals surface area contributed by atoms with Crippen molar-refractivity contribution in [2.24, 2.45) is 5.10 Å². The van der Waals surface area contributed by atoms with E-state index in [1.807, 2.05) is 24.3 Å². The van der Waals surface area contributed by atoms with Crippen molar-refractivity contribution >= 4 is 40.5 Å². The van der Waals surface area contributed by atoms with E-state index in [-0.39, 0.29) is 18.4 Å². The van der Waals surface area contributed by atoms with Gasteiger partial charge in [0.15, 0.2) is 0 Å². The smallest absolute Gasteiger partial charge is 0.268 e. The minimum atomic E-state index is -0.636. The van der Waals surface area contributed by atoms with Gasteiger partial charge in [0, 0.05) is 28.7 Å². The highest BCUT2D eigenvalue weighted by molar-refractivity contribution is 6.31. The number of hydrazone groups is 1. The van der Waals surface area contributed by atoms with Crippen molar-refractivity contribution < 1.29 is 19.1 Å². The fourth-order valence-electron chi connectivity index (χ4n) is 4.52. The molecular weight excluding hydrogens is 446 g/mol. The van der Waals surface area contributed by atoms with E-state index in [1.54, 1.807) is 29.2 Å². The molecule has 35 heavy (non-hydrogen) atoms. The van der Waals surface area contributed by atoms with Crippen LogP contribution in [0.15, 0.2) is 53.6 Å². The van der Waals surface area contributed by atoms with Gasteiger partial charge in [0.05, 0.1) is 13.2 Å². The highest BCUT2D eigenvalue weighted by Crippen LogP contribution is 2.32. The molecule has 1 fully saturated rings. The molecule has 9 heteroatoms. The normalized spacial score (nSPS) is 17.6. The van der Waals surface area contributed by atoms with E-state index in [0.717, 1.165) is 52.0 Å². The number of H-pyrrole nitrogens is 1. The van der Waals surface area contributed by atoms with Gasteiger partial charge in [0.2, 0.25) is 5.91 Å². The molecule has 1 aromatic heterocycles. The van der Waals surface area contributed by atoms with Crippen LogP contribution < -0.4 is 10.1 Å². The minimum Gasteiger partial charge on any atom is -0.494 e. The van der Waals surface area contributed by atoms with Crippen LogP contribution in [0.3, 0.4) is 0 Å². The first-order valence-electron chi connectivity index (χ1n) is 11.8. The molecule has 2 aromatic carbocycles. The largest absolute Gasteiger partial charge is 0.494 e. The number of para-hydroxylation sites is 1. The lowest BCUT2D eigenvalue weighted by molar-refractivity contribution is -0.157. The molecule has 3 aromatic rings. The van der Waals surface area contributed by atoms with Crippen LogP contribution in [0.2, 0.25) is 0 Å². The fraction of sp³-hybridized carbons (Fsp3) is 0.308. The second-order valence-electron chi connectivity index (χ2n) is 8.73. The van der Waals surface area contributed by atoms with Gasteiger partial charge in [-0.05, 0) is 42.3 Å². The van der Waals surface area contributed by atoms with Gasteiger partial charge >= 0.3 is 0 Å². The third-order valence-electron chi connectivity index (χ3n) is 6.35. The van der Waals surface area contributed by atoms with Crippen molar-refractivity contribution in [2.45, 2.75) is 38.8 Å². The topological polar surface area (TPSA) is 107 Å². The lowest BCUT2D eigenvalue weighted by atomic mass is 9.94. The number of unbranched alkanes of at least 4 members (excludes halogenated alkanes) is 1. The second-order valence-corrected chi connectivity index (χ2v) is 8.73. The zero-order chi connectivity index (χ0) is 24.4. The Labute approximate surface area is 202 Å². The molecule has 0 unspecified atom stereocenters. The lowest BCUT2D eigenvalue weighted by Crippen LogP contribution is -2.60. The number of amides is 3. The third-order valence-corrected chi connectivity index (χ3v) is 6.35. The van der Waals surface area contributed by atoms with Crippen LogP contribution in [0.4, 0.5) is 5.69 Å². The Balaban J connectivity index is 1.23. The van der Waals surface area contributed by atoms with Gasteiger partial charge in [0.1, 0.15) is 24.6 Å². The number of hydrogen-bond acceptors (Lipinski definition) is 5. The van der Waals surface area contributed by atoms with Crippen LogP contribution in [0, 0.1) is 0 Å². The summed E-state index contributed by atoms with van der Waals surface area (Å²) in [6.07, 6.45) is 3.48. The van der Waals surface area contributed by atoms with E-state index in [2.05, 4.69) is 22.3 Å². The van der Waals surface area contributed by atoms with E-state index < -0.39 is 11.9 Å². The molecule has 0 aliphatic carbocycles. The number of hydrogen-bond donors (Lipinski definition) is 2. The summed E-state index contributed by atoms with van der Waals surface area (Å²) in [5.74, 6) is -0.249. The second kappa shape index (κ2) is 9.61. The van der Waals surface area contributed by atoms with Crippen molar-refractivity contribution in [1.29, 1.82) is 0 Å². The number of ether oxygens (including phenoxy) is 1. The summed E-state index contributed by atoms with van der Waals surface area (Å²) in [7, 11) is 0. The maximum atomic E-state index is 13.2. The predicted octanol–water partition coefficient (Wildman–Crippen LogP) is 3.07. The average molecular weight is 474 g/mol. The Kier molecular flexibility index (Phi) is 6.22. The first kappa shape index (κ1) is 22.6. The quantitative estimate of drug-likeness (QED) is 0.406. The summed E-state index contributed by atoms with van der Waals surface area (Å²) in [4.78, 5) is 43.3. The number of aromatic amines is 1. The number of benzene rings is 2. The number of rotatable bonds is 7. The number of aromatic nitrogens is 1. The zero-order valence-corrected chi connectivity index (χ0v) is 19.5. The van der Waals surface area contributed by atoms with Crippen molar-refractivity contribution in [3.63, 3.8) is 0 Å². The molecule has 5 rings (SSSR count). The first-order chi connectivity index (χ1) is 17.0. The maximum Gasteiger partial charge on any atom is 0.268 e. The molecule has 3 amide bonds. The maximum absolute atomic E-state index is 13.2. The number of fused-ring (bicyclic) bond motifs is 4. The Morgan fingerprint density at radius 1 is 1.17 bits per heavy atom. The highest BCUT2D eigenvalue weighted by Gasteiger charge is 2.43. The van der Waals surface area contributed by atoms with Gasteiger partial charge in [-0.25, -0.2) is 5.01 Å². The van der Waals surface area contributed by atoms with E-state index >= 15 is 0 Å². The zero-order valence-electron chi connectivity index (χ0n) is 19.5. The Morgan fingerprint density at radius 3 is 2.77 bits per heavy atom. The fourth-order valence-corrected chi connectivity index (χ4v) is 4.52. The monoisotopic (exact) mass is 473 g/mol. The van der Waals surface area contributed by atoms with Crippen LogP contribution in [0.5, 0.6) is 5.75 Å². The average Bonchev–Trinajstić information content (AvgIpc) is 3.23. The minimum absolute atomic E-state index is 0.196. The lowest BCUT2D eigenvalue weighted by Gasteiger charge is -2.40. The molecule has 2 N–H and O–H groups in total. The summed E-state index contributed by atoms with van der Waals surface area (Å²) in [5, 5.41) is 8.90. The number of carbonyl (C=O) groups is 3. The SMILES string of the molecule is CCCCOc1ccc(NC(=O)/C=N\N2CC(=O)N3Cc4[nH]c5ccccc5c4C[C@H]3C2=O)cc1. The van der Waals surface area contributed by atoms with Crippen LogP contribution >= 0.6 is 0 Å². The first-order valence-corrected chi connectivity index (χ1v) is 11.8. The summed E-state index contributed by atoms with van der Waals surface area (Å²) < 4.78 is 5.62. The van der Waals surface area contributed by atoms with Gasteiger partial charge in [-0.1, -0.05) is 31.5 Å². The van der Waals surface area contributed by atoms with E-state index in [9.17, 15) is 14.4 Å². The Morgan fingerprint density at radius 2 is 1.97 bits per heavy atom. The van der Waals surface area contributed by atoms with Crippen LogP contribution in [-0.4, -0.2) is 58.0 Å². The van der Waals surface area contributed by atoms with Crippen molar-refractivity contribution in [3.05, 3.63) is 59.8 Å². The number of nitrogens with one attached hydrogen (secondary N) is 2. The summed E-state index contributed by atoms with van der Waals surface area (Å²) >= 11 is 0. The molecule has 180 valence electrons. The molecular formula is C26H27N5O4. The van der Waals surface area contributed by atoms with E-state index in [4.69, 9.17) is 4.74 Å². The van der Waals surface area contributed by atoms with Crippen molar-refractivity contribution in [3.8, 4) is 5.75 Å². The van der Waals surface area contributed by atoms with Crippen molar-refractivity contribution in [1.82, 2.24) is 14.9 Å². The highest BCUT2D eigenvalue weighted by atomic mass is 16.5. The van der Waals surface area contributed by atoms with Gasteiger partial charge in [0.25, 0.3) is 11.8 Å². The number of anilines is 1. The van der Waals surface area contributed by atoms with Crippen LogP contribution in [0.25, 0.3) is 10.9 Å². The predicted molar refractivity (Wildman–Crippen MR) is 132 cm³/mol. The summed E-state index contributed by atoms with van der Waals surface area (Å²) in [6.45, 7) is 2.91. The summed E-state index contributed by atoms with van der Waals surface area (Å²) in [5.41, 5.74) is 3.58. The Bertz CT molecular complexity index is 1300. The Hall–Kier alpha value is -4.14. The van der Waals surface area contributed by atoms with Gasteiger partial charge in [-0.15, -0.1) is 0 Å².